The molecule has 8 heteroatoms. The Hall–Kier alpha value is -1.05. The number of likely N-dealkylation sites (tertiary alicyclic amines) is 1. The first-order valence-electron chi connectivity index (χ1n) is 5.53. The van der Waals surface area contributed by atoms with Crippen LogP contribution in [0.15, 0.2) is 0 Å². The third-order valence-electron chi connectivity index (χ3n) is 3.19. The molecule has 4 nitrogen and oxygen atoms in total. The van der Waals surface area contributed by atoms with E-state index in [4.69, 9.17) is 18.0 Å². The number of nitrogens with two attached hydrogens (primary N) is 1. The Morgan fingerprint density at radius 2 is 1.94 bits per heavy atom. The van der Waals surface area contributed by atoms with Gasteiger partial charge in [0.2, 0.25) is 0 Å². The van der Waals surface area contributed by atoms with Crippen LogP contribution in [-0.4, -0.2) is 41.7 Å². The Morgan fingerprint density at radius 3 is 2.33 bits per heavy atom. The zero-order valence-corrected chi connectivity index (χ0v) is 10.8. The molecule has 0 bridgehead atoms. The van der Waals surface area contributed by atoms with Gasteiger partial charge in [0.15, 0.2) is 0 Å². The van der Waals surface area contributed by atoms with Crippen LogP contribution in [-0.2, 0) is 0 Å². The van der Waals surface area contributed by atoms with E-state index in [0.717, 1.165) is 0 Å². The van der Waals surface area contributed by atoms with Crippen molar-refractivity contribution in [3.05, 3.63) is 0 Å². The van der Waals surface area contributed by atoms with E-state index in [9.17, 15) is 18.0 Å². The van der Waals surface area contributed by atoms with Gasteiger partial charge < -0.3 is 16.0 Å². The first kappa shape index (κ1) is 15.0. The number of carbonyl (C=O) groups excluding carboxylic acids is 1. The van der Waals surface area contributed by atoms with Crippen molar-refractivity contribution < 1.29 is 18.0 Å². The third kappa shape index (κ3) is 4.01. The number of piperidine rings is 1. The lowest BCUT2D eigenvalue weighted by Crippen LogP contribution is -2.50. The van der Waals surface area contributed by atoms with Gasteiger partial charge in [-0.05, 0) is 12.8 Å². The molecule has 1 heterocycles. The summed E-state index contributed by atoms with van der Waals surface area (Å²) < 4.78 is 35.8. The molecule has 2 amide bonds. The summed E-state index contributed by atoms with van der Waals surface area (Å²) in [6, 6.07) is -0.697. The summed E-state index contributed by atoms with van der Waals surface area (Å²) in [6.07, 6.45) is -3.25. The third-order valence-corrected chi connectivity index (χ3v) is 3.68. The molecule has 1 fully saturated rings. The fourth-order valence-corrected chi connectivity index (χ4v) is 1.94. The van der Waals surface area contributed by atoms with Crippen molar-refractivity contribution in [3.8, 4) is 0 Å². The van der Waals surface area contributed by atoms with Gasteiger partial charge in [0.1, 0.15) is 6.54 Å². The van der Waals surface area contributed by atoms with Gasteiger partial charge in [0.05, 0.1) is 4.99 Å². The van der Waals surface area contributed by atoms with Crippen LogP contribution in [0.1, 0.15) is 19.8 Å². The first-order valence-corrected chi connectivity index (χ1v) is 5.94. The van der Waals surface area contributed by atoms with Gasteiger partial charge in [-0.3, -0.25) is 0 Å². The summed E-state index contributed by atoms with van der Waals surface area (Å²) in [5, 5.41) is 1.85. The topological polar surface area (TPSA) is 58.4 Å². The number of alkyl halides is 3. The molecule has 0 radical (unpaired) electrons. The summed E-state index contributed by atoms with van der Waals surface area (Å²) in [5.41, 5.74) is 5.29. The van der Waals surface area contributed by atoms with Gasteiger partial charge in [-0.1, -0.05) is 19.1 Å². The minimum Gasteiger partial charge on any atom is -0.393 e. The number of amides is 2. The quantitative estimate of drug-likeness (QED) is 0.758. The summed E-state index contributed by atoms with van der Waals surface area (Å²) in [7, 11) is 0. The zero-order chi connectivity index (χ0) is 14.0. The minimum atomic E-state index is -4.39. The second kappa shape index (κ2) is 5.29. The molecule has 1 saturated heterocycles. The highest BCUT2D eigenvalue weighted by atomic mass is 32.1. The number of carbonyl (C=O) groups is 1. The second-order valence-electron chi connectivity index (χ2n) is 4.69. The maximum absolute atomic E-state index is 11.9. The van der Waals surface area contributed by atoms with Gasteiger partial charge >= 0.3 is 12.2 Å². The van der Waals surface area contributed by atoms with Crippen LogP contribution in [0.4, 0.5) is 18.0 Å². The lowest BCUT2D eigenvalue weighted by molar-refractivity contribution is -0.123. The number of hydrogen-bond donors (Lipinski definition) is 2. The molecular weight excluding hydrogens is 267 g/mol. The second-order valence-corrected chi connectivity index (χ2v) is 5.13. The van der Waals surface area contributed by atoms with Gasteiger partial charge in [0.25, 0.3) is 0 Å². The molecule has 3 N–H and O–H groups in total. The van der Waals surface area contributed by atoms with Crippen molar-refractivity contribution in [1.29, 1.82) is 0 Å². The highest BCUT2D eigenvalue weighted by molar-refractivity contribution is 7.80. The van der Waals surface area contributed by atoms with Crippen molar-refractivity contribution in [2.75, 3.05) is 19.6 Å². The number of nitrogens with one attached hydrogen (secondary N) is 1. The predicted molar refractivity (Wildman–Crippen MR) is 65.2 cm³/mol. The summed E-state index contributed by atoms with van der Waals surface area (Å²) in [5.74, 6) is 0. The molecule has 0 unspecified atom stereocenters. The highest BCUT2D eigenvalue weighted by Crippen LogP contribution is 2.31. The highest BCUT2D eigenvalue weighted by Gasteiger charge is 2.35. The fraction of sp³-hybridized carbons (Fsp3) is 0.800. The molecule has 0 aromatic carbocycles. The van der Waals surface area contributed by atoms with Crippen molar-refractivity contribution in [3.63, 3.8) is 0 Å². The zero-order valence-electron chi connectivity index (χ0n) is 10.0. The minimum absolute atomic E-state index is 0.309. The van der Waals surface area contributed by atoms with Gasteiger partial charge in [-0.2, -0.15) is 13.2 Å². The van der Waals surface area contributed by atoms with Crippen molar-refractivity contribution in [1.82, 2.24) is 10.2 Å². The van der Waals surface area contributed by atoms with E-state index in [-0.39, 0.29) is 5.41 Å². The maximum atomic E-state index is 11.9. The molecule has 0 aromatic heterocycles. The van der Waals surface area contributed by atoms with Crippen LogP contribution in [0.3, 0.4) is 0 Å². The predicted octanol–water partition coefficient (Wildman–Crippen LogP) is 1.65. The molecule has 0 atom stereocenters. The van der Waals surface area contributed by atoms with E-state index in [1.807, 2.05) is 12.2 Å². The molecule has 0 aliphatic carbocycles. The van der Waals surface area contributed by atoms with E-state index in [0.29, 0.717) is 30.9 Å². The number of hydrogen-bond acceptors (Lipinski definition) is 2. The average Bonchev–Trinajstić information content (AvgIpc) is 2.26. The summed E-state index contributed by atoms with van der Waals surface area (Å²) in [6.45, 7) is 1.31. The van der Waals surface area contributed by atoms with E-state index >= 15 is 0 Å². The van der Waals surface area contributed by atoms with E-state index in [1.165, 1.54) is 4.90 Å². The van der Waals surface area contributed by atoms with Gasteiger partial charge in [0, 0.05) is 18.5 Å². The van der Waals surface area contributed by atoms with E-state index < -0.39 is 18.8 Å². The SMILES string of the molecule is CC1(C(N)=S)CCN(C(=O)NCC(F)(F)F)CC1. The van der Waals surface area contributed by atoms with Crippen LogP contribution < -0.4 is 11.1 Å². The van der Waals surface area contributed by atoms with Gasteiger partial charge in [-0.25, -0.2) is 4.79 Å². The lowest BCUT2D eigenvalue weighted by Gasteiger charge is -2.38. The number of urea groups is 1. The largest absolute Gasteiger partial charge is 0.405 e. The normalized spacial score (nSPS) is 19.4. The summed E-state index contributed by atoms with van der Waals surface area (Å²) in [4.78, 5) is 13.2. The number of nitrogens with zero attached hydrogens (tertiary/aromatic N) is 1. The lowest BCUT2D eigenvalue weighted by atomic mass is 9.80. The Morgan fingerprint density at radius 1 is 1.44 bits per heavy atom. The Kier molecular flexibility index (Phi) is 4.41. The smallest absolute Gasteiger partial charge is 0.393 e. The van der Waals surface area contributed by atoms with Crippen LogP contribution in [0.25, 0.3) is 0 Å². The Labute approximate surface area is 109 Å². The van der Waals surface area contributed by atoms with Crippen LogP contribution in [0, 0.1) is 5.41 Å². The van der Waals surface area contributed by atoms with Crippen LogP contribution in [0.5, 0.6) is 0 Å². The maximum Gasteiger partial charge on any atom is 0.405 e. The van der Waals surface area contributed by atoms with Crippen molar-refractivity contribution >= 4 is 23.2 Å². The fourth-order valence-electron chi connectivity index (χ4n) is 1.74. The number of thiocarbonyl (C=S) groups is 1. The average molecular weight is 283 g/mol. The molecule has 0 aromatic rings. The molecule has 1 rings (SSSR count). The monoisotopic (exact) mass is 283 g/mol. The molecular formula is C10H16F3N3OS. The molecule has 1 aliphatic heterocycles. The molecule has 18 heavy (non-hydrogen) atoms. The molecule has 104 valence electrons. The molecule has 1 aliphatic rings. The first-order chi connectivity index (χ1) is 8.14. The van der Waals surface area contributed by atoms with Gasteiger partial charge in [-0.15, -0.1) is 0 Å². The van der Waals surface area contributed by atoms with E-state index in [1.54, 1.807) is 0 Å². The number of halogens is 3. The Balaban J connectivity index is 2.43. The van der Waals surface area contributed by atoms with Crippen LogP contribution in [0.2, 0.25) is 0 Å². The standard InChI is InChI=1S/C10H16F3N3OS/c1-9(7(14)18)2-4-16(5-3-9)8(17)15-6-10(11,12)13/h2-6H2,1H3,(H2,14,18)(H,15,17). The van der Waals surface area contributed by atoms with Crippen molar-refractivity contribution in [2.45, 2.75) is 25.9 Å². The number of rotatable bonds is 2. The van der Waals surface area contributed by atoms with E-state index in [2.05, 4.69) is 0 Å². The molecule has 0 spiro atoms. The molecule has 0 saturated carbocycles. The van der Waals surface area contributed by atoms with Crippen LogP contribution >= 0.6 is 12.2 Å². The van der Waals surface area contributed by atoms with Crippen molar-refractivity contribution in [2.24, 2.45) is 11.1 Å². The summed E-state index contributed by atoms with van der Waals surface area (Å²) >= 11 is 4.94. The Bertz CT molecular complexity index is 338.